The van der Waals surface area contributed by atoms with Gasteiger partial charge in [0.1, 0.15) is 5.60 Å². The van der Waals surface area contributed by atoms with E-state index in [1.165, 1.54) is 25.7 Å². The molecule has 0 aromatic rings. The third kappa shape index (κ3) is 3.17. The van der Waals surface area contributed by atoms with Crippen molar-refractivity contribution in [3.05, 3.63) is 23.3 Å². The largest absolute Gasteiger partial charge is 0.393 e. The Bertz CT molecular complexity index is 872. The van der Waals surface area contributed by atoms with Crippen molar-refractivity contribution in [2.75, 3.05) is 6.61 Å². The fourth-order valence-electron chi connectivity index (χ4n) is 9.35. The predicted octanol–water partition coefficient (Wildman–Crippen LogP) is 6.44. The van der Waals surface area contributed by atoms with Crippen LogP contribution in [0.2, 0.25) is 0 Å². The van der Waals surface area contributed by atoms with Crippen LogP contribution in [-0.2, 0) is 4.74 Å². The Morgan fingerprint density at radius 3 is 2.42 bits per heavy atom. The molecule has 0 aromatic heterocycles. The molecule has 33 heavy (non-hydrogen) atoms. The van der Waals surface area contributed by atoms with Crippen LogP contribution in [0.15, 0.2) is 23.3 Å². The van der Waals surface area contributed by atoms with Gasteiger partial charge in [0.25, 0.3) is 0 Å². The van der Waals surface area contributed by atoms with Gasteiger partial charge in [0.2, 0.25) is 0 Å². The molecule has 0 bridgehead atoms. The van der Waals surface area contributed by atoms with Crippen LogP contribution in [0.25, 0.3) is 0 Å². The summed E-state index contributed by atoms with van der Waals surface area (Å²) in [7, 11) is 0. The van der Waals surface area contributed by atoms with Crippen LogP contribution >= 0.6 is 0 Å². The lowest BCUT2D eigenvalue weighted by Gasteiger charge is -2.61. The number of aliphatic hydroxyl groups excluding tert-OH is 2. The SMILES string of the molecule is C[C@H](CC[C@@H]1O[C@@]1(C)CO)[C@H]1CC[C@@]2(C)C3=CC[C@H]4C(C)(C)[C@@H](O)CC[C@]4(C)C3=CC[C@]12C. The third-order valence-corrected chi connectivity index (χ3v) is 12.2. The van der Waals surface area contributed by atoms with E-state index in [1.54, 1.807) is 11.1 Å². The number of fused-ring (bicyclic) bond motifs is 5. The summed E-state index contributed by atoms with van der Waals surface area (Å²) in [6, 6.07) is 0. The molecule has 0 unspecified atom stereocenters. The van der Waals surface area contributed by atoms with E-state index in [4.69, 9.17) is 4.74 Å². The maximum Gasteiger partial charge on any atom is 0.115 e. The van der Waals surface area contributed by atoms with E-state index >= 15 is 0 Å². The summed E-state index contributed by atoms with van der Waals surface area (Å²) in [6.07, 6.45) is 14.5. The maximum atomic E-state index is 10.8. The molecule has 2 saturated carbocycles. The Balaban J connectivity index is 1.40. The quantitative estimate of drug-likeness (QED) is 0.468. The maximum absolute atomic E-state index is 10.8. The fraction of sp³-hybridized carbons (Fsp3) is 0.867. The molecule has 5 aliphatic rings. The number of allylic oxidation sites excluding steroid dienone is 4. The summed E-state index contributed by atoms with van der Waals surface area (Å²) in [6.45, 7) is 16.9. The summed E-state index contributed by atoms with van der Waals surface area (Å²) in [5.74, 6) is 1.93. The molecule has 1 saturated heterocycles. The zero-order valence-electron chi connectivity index (χ0n) is 22.2. The molecule has 0 amide bonds. The molecule has 0 spiro atoms. The summed E-state index contributed by atoms with van der Waals surface area (Å²) < 4.78 is 5.79. The van der Waals surface area contributed by atoms with Crippen LogP contribution in [0.1, 0.15) is 99.8 Å². The van der Waals surface area contributed by atoms with Gasteiger partial charge in [-0.05, 0) is 109 Å². The van der Waals surface area contributed by atoms with Gasteiger partial charge in [-0.25, -0.2) is 0 Å². The number of rotatable bonds is 5. The average Bonchev–Trinajstić information content (AvgIpc) is 3.33. The Kier molecular flexibility index (Phi) is 5.42. The molecule has 3 nitrogen and oxygen atoms in total. The highest BCUT2D eigenvalue weighted by Gasteiger charge is 2.63. The average molecular weight is 457 g/mol. The van der Waals surface area contributed by atoms with E-state index in [-0.39, 0.29) is 40.7 Å². The van der Waals surface area contributed by atoms with Gasteiger partial charge in [-0.3, -0.25) is 0 Å². The van der Waals surface area contributed by atoms with Crippen molar-refractivity contribution in [3.63, 3.8) is 0 Å². The van der Waals surface area contributed by atoms with Crippen LogP contribution in [0.3, 0.4) is 0 Å². The highest BCUT2D eigenvalue weighted by atomic mass is 16.6. The molecular weight excluding hydrogens is 408 g/mol. The first-order valence-electron chi connectivity index (χ1n) is 13.7. The van der Waals surface area contributed by atoms with Crippen molar-refractivity contribution in [1.29, 1.82) is 0 Å². The minimum atomic E-state index is -0.281. The fourth-order valence-corrected chi connectivity index (χ4v) is 9.35. The number of hydrogen-bond donors (Lipinski definition) is 2. The van der Waals surface area contributed by atoms with Crippen molar-refractivity contribution >= 4 is 0 Å². The highest BCUT2D eigenvalue weighted by Crippen LogP contribution is 2.71. The monoisotopic (exact) mass is 456 g/mol. The first-order valence-corrected chi connectivity index (χ1v) is 13.7. The summed E-state index contributed by atoms with van der Waals surface area (Å²) in [5, 5.41) is 20.4. The molecule has 3 heteroatoms. The molecule has 0 aromatic carbocycles. The van der Waals surface area contributed by atoms with E-state index in [0.717, 1.165) is 31.6 Å². The van der Waals surface area contributed by atoms with Crippen LogP contribution in [0.4, 0.5) is 0 Å². The lowest BCUT2D eigenvalue weighted by atomic mass is 9.44. The third-order valence-electron chi connectivity index (χ3n) is 12.2. The van der Waals surface area contributed by atoms with Crippen LogP contribution < -0.4 is 0 Å². The second-order valence-electron chi connectivity index (χ2n) is 14.0. The molecule has 3 fully saturated rings. The minimum Gasteiger partial charge on any atom is -0.393 e. The van der Waals surface area contributed by atoms with E-state index < -0.39 is 0 Å². The van der Waals surface area contributed by atoms with Crippen LogP contribution in [-0.4, -0.2) is 34.6 Å². The van der Waals surface area contributed by atoms with E-state index in [1.807, 2.05) is 6.92 Å². The Morgan fingerprint density at radius 1 is 1.03 bits per heavy atom. The summed E-state index contributed by atoms with van der Waals surface area (Å²) >= 11 is 0. The lowest BCUT2D eigenvalue weighted by Crippen LogP contribution is -2.54. The molecule has 9 atom stereocenters. The van der Waals surface area contributed by atoms with Crippen LogP contribution in [0.5, 0.6) is 0 Å². The zero-order valence-corrected chi connectivity index (χ0v) is 22.2. The molecule has 186 valence electrons. The smallest absolute Gasteiger partial charge is 0.115 e. The highest BCUT2D eigenvalue weighted by molar-refractivity contribution is 5.49. The number of aliphatic hydroxyl groups is 2. The van der Waals surface area contributed by atoms with E-state index in [9.17, 15) is 10.2 Å². The van der Waals surface area contributed by atoms with Crippen LogP contribution in [0, 0.1) is 39.4 Å². The van der Waals surface area contributed by atoms with Crippen molar-refractivity contribution in [3.8, 4) is 0 Å². The van der Waals surface area contributed by atoms with Gasteiger partial charge in [-0.1, -0.05) is 53.7 Å². The van der Waals surface area contributed by atoms with Crippen molar-refractivity contribution in [2.45, 2.75) is 118 Å². The van der Waals surface area contributed by atoms with Gasteiger partial charge in [0, 0.05) is 0 Å². The Hall–Kier alpha value is -0.640. The summed E-state index contributed by atoms with van der Waals surface area (Å²) in [4.78, 5) is 0. The summed E-state index contributed by atoms with van der Waals surface area (Å²) in [5.41, 5.74) is 3.74. The van der Waals surface area contributed by atoms with Gasteiger partial charge in [-0.15, -0.1) is 0 Å². The zero-order chi connectivity index (χ0) is 24.0. The minimum absolute atomic E-state index is 0.0296. The second-order valence-corrected chi connectivity index (χ2v) is 14.0. The predicted molar refractivity (Wildman–Crippen MR) is 134 cm³/mol. The van der Waals surface area contributed by atoms with Gasteiger partial charge in [-0.2, -0.15) is 0 Å². The van der Waals surface area contributed by atoms with E-state index in [2.05, 4.69) is 53.7 Å². The molecule has 2 N–H and O–H groups in total. The molecule has 5 rings (SSSR count). The topological polar surface area (TPSA) is 53.0 Å². The second kappa shape index (κ2) is 7.43. The number of ether oxygens (including phenoxy) is 1. The Morgan fingerprint density at radius 2 is 1.76 bits per heavy atom. The van der Waals surface area contributed by atoms with Crippen molar-refractivity contribution in [1.82, 2.24) is 0 Å². The first kappa shape index (κ1) is 24.1. The van der Waals surface area contributed by atoms with Gasteiger partial charge >= 0.3 is 0 Å². The molecule has 1 heterocycles. The molecular formula is C30H48O3. The number of hydrogen-bond acceptors (Lipinski definition) is 3. The van der Waals surface area contributed by atoms with Gasteiger partial charge < -0.3 is 14.9 Å². The molecule has 1 aliphatic heterocycles. The lowest BCUT2D eigenvalue weighted by molar-refractivity contribution is -0.0851. The normalized spacial score (nSPS) is 51.1. The molecule has 4 aliphatic carbocycles. The Labute approximate surface area is 202 Å². The van der Waals surface area contributed by atoms with Gasteiger partial charge in [0.05, 0.1) is 18.8 Å². The number of epoxide rings is 1. The standard InChI is InChI=1S/C30H48O3/c1-19(8-11-25-30(7,18-31)33-25)20-12-16-29(6)22-9-10-23-26(2,3)24(32)14-15-27(23,4)21(22)13-17-28(20,29)5/h9,13,19-20,23-25,31-32H,8,10-12,14-18H2,1-7H3/t19-,20-,23+,24+,25+,27-,28-,29+,30+/m1/s1. The van der Waals surface area contributed by atoms with E-state index in [0.29, 0.717) is 17.3 Å². The molecule has 0 radical (unpaired) electrons. The van der Waals surface area contributed by atoms with Gasteiger partial charge in [0.15, 0.2) is 0 Å². The van der Waals surface area contributed by atoms with Crippen molar-refractivity contribution in [2.24, 2.45) is 39.4 Å². The first-order chi connectivity index (χ1) is 15.3. The van der Waals surface area contributed by atoms with Crippen molar-refractivity contribution < 1.29 is 14.9 Å².